The Morgan fingerprint density at radius 3 is 2.06 bits per heavy atom. The zero-order chi connectivity index (χ0) is 24.0. The predicted molar refractivity (Wildman–Crippen MR) is 98.4 cm³/mol. The molecule has 2 aliphatic heterocycles. The predicted octanol–water partition coefficient (Wildman–Crippen LogP) is -1.71. The van der Waals surface area contributed by atoms with Crippen molar-refractivity contribution in [1.82, 2.24) is 10.6 Å². The van der Waals surface area contributed by atoms with Crippen molar-refractivity contribution in [2.75, 3.05) is 13.2 Å². The molecule has 6 atom stereocenters. The lowest BCUT2D eigenvalue weighted by atomic mass is 9.96. The second kappa shape index (κ2) is 10.9. The third kappa shape index (κ3) is 6.88. The molecule has 0 aliphatic carbocycles. The lowest BCUT2D eigenvalue weighted by Gasteiger charge is -2.45. The summed E-state index contributed by atoms with van der Waals surface area (Å²) in [5.74, 6) is -3.61. The first-order valence-corrected chi connectivity index (χ1v) is 9.52. The van der Waals surface area contributed by atoms with E-state index in [1.54, 1.807) is 0 Å². The van der Waals surface area contributed by atoms with Gasteiger partial charge in [-0.2, -0.15) is 0 Å². The summed E-state index contributed by atoms with van der Waals surface area (Å²) in [5, 5.41) is 4.73. The fraction of sp³-hybridized carbons (Fsp3) is 0.667. The van der Waals surface area contributed by atoms with Crippen molar-refractivity contribution in [3.8, 4) is 0 Å². The number of carbonyl (C=O) groups excluding carboxylic acids is 6. The number of hydrogen-bond acceptors (Lipinski definition) is 12. The highest BCUT2D eigenvalue weighted by Gasteiger charge is 2.51. The first-order chi connectivity index (χ1) is 15.0. The third-order valence-electron chi connectivity index (χ3n) is 4.27. The number of nitrogens with one attached hydrogen (secondary N) is 2. The van der Waals surface area contributed by atoms with Crippen LogP contribution in [0.25, 0.3) is 0 Å². The fourth-order valence-corrected chi connectivity index (χ4v) is 3.13. The van der Waals surface area contributed by atoms with Crippen molar-refractivity contribution in [1.29, 1.82) is 0 Å². The first kappa shape index (κ1) is 25.0. The van der Waals surface area contributed by atoms with E-state index in [0.717, 1.165) is 20.8 Å². The van der Waals surface area contributed by atoms with E-state index in [2.05, 4.69) is 15.4 Å². The Bertz CT molecular complexity index is 784. The van der Waals surface area contributed by atoms with E-state index >= 15 is 0 Å². The Morgan fingerprint density at radius 1 is 0.938 bits per heavy atom. The third-order valence-corrected chi connectivity index (χ3v) is 4.27. The monoisotopic (exact) mass is 460 g/mol. The number of cyclic esters (lactones) is 2. The standard InChI is InChI=1S/C18H24N2O12/c1-7(21)19-13-15(30-10(4)24)14(29-9(3)23)12(6-27-8(2)22)31-17(13)28-5-11-16(25)32-18(26)20-11/h11-15,17H,5-6H2,1-4H3,(H,19,21)(H,20,26)/t11?,12-,13-,14+,15-,17-/m1/s1. The molecule has 0 aromatic rings. The van der Waals surface area contributed by atoms with Crippen LogP contribution >= 0.6 is 0 Å². The molecular weight excluding hydrogens is 436 g/mol. The van der Waals surface area contributed by atoms with Crippen LogP contribution < -0.4 is 10.6 Å². The first-order valence-electron chi connectivity index (χ1n) is 9.52. The van der Waals surface area contributed by atoms with Crippen LogP contribution in [0, 0.1) is 0 Å². The van der Waals surface area contributed by atoms with Crippen molar-refractivity contribution >= 4 is 35.9 Å². The maximum atomic E-state index is 11.8. The molecular formula is C18H24N2O12. The Kier molecular flexibility index (Phi) is 8.48. The van der Waals surface area contributed by atoms with Crippen LogP contribution in [0.2, 0.25) is 0 Å². The Balaban J connectivity index is 2.32. The molecule has 1 unspecified atom stereocenters. The quantitative estimate of drug-likeness (QED) is 0.238. The van der Waals surface area contributed by atoms with Crippen molar-refractivity contribution in [3.05, 3.63) is 0 Å². The molecule has 14 heteroatoms. The molecule has 14 nitrogen and oxygen atoms in total. The topological polar surface area (TPSA) is 182 Å². The van der Waals surface area contributed by atoms with Crippen LogP contribution in [-0.4, -0.2) is 85.8 Å². The van der Waals surface area contributed by atoms with E-state index in [4.69, 9.17) is 23.7 Å². The van der Waals surface area contributed by atoms with Gasteiger partial charge in [-0.3, -0.25) is 19.2 Å². The van der Waals surface area contributed by atoms with E-state index in [0.29, 0.717) is 0 Å². The highest BCUT2D eigenvalue weighted by atomic mass is 16.7. The number of ether oxygens (including phenoxy) is 6. The Labute approximate surface area is 182 Å². The molecule has 0 aromatic heterocycles. The van der Waals surface area contributed by atoms with Crippen LogP contribution in [0.3, 0.4) is 0 Å². The molecule has 2 heterocycles. The molecule has 2 aliphatic rings. The molecule has 0 aromatic carbocycles. The molecule has 2 rings (SSSR count). The van der Waals surface area contributed by atoms with Crippen LogP contribution in [-0.2, 0) is 52.4 Å². The summed E-state index contributed by atoms with van der Waals surface area (Å²) in [7, 11) is 0. The van der Waals surface area contributed by atoms with Crippen molar-refractivity contribution in [2.45, 2.75) is 64.4 Å². The molecule has 2 fully saturated rings. The molecule has 0 bridgehead atoms. The normalized spacial score (nSPS) is 29.4. The minimum atomic E-state index is -1.36. The summed E-state index contributed by atoms with van der Waals surface area (Å²) in [6, 6.07) is -2.34. The summed E-state index contributed by atoms with van der Waals surface area (Å²) in [6.07, 6.45) is -6.05. The number of alkyl carbamates (subject to hydrolysis) is 1. The Hall–Kier alpha value is -3.26. The largest absolute Gasteiger partial charge is 0.463 e. The van der Waals surface area contributed by atoms with Crippen molar-refractivity contribution < 1.29 is 57.2 Å². The SMILES string of the molecule is CC(=O)N[C@H]1[C@H](OCC2NC(=O)OC2=O)O[C@H](COC(C)=O)[C@H](OC(C)=O)[C@@H]1OC(C)=O. The molecule has 178 valence electrons. The molecule has 0 saturated carbocycles. The zero-order valence-electron chi connectivity index (χ0n) is 17.8. The van der Waals surface area contributed by atoms with E-state index in [-0.39, 0.29) is 0 Å². The second-order valence-corrected chi connectivity index (χ2v) is 6.96. The highest BCUT2D eigenvalue weighted by Crippen LogP contribution is 2.28. The van der Waals surface area contributed by atoms with E-state index < -0.39 is 85.8 Å². The van der Waals surface area contributed by atoms with E-state index in [9.17, 15) is 28.8 Å². The van der Waals surface area contributed by atoms with E-state index in [1.165, 1.54) is 6.92 Å². The van der Waals surface area contributed by atoms with Gasteiger partial charge in [0.2, 0.25) is 5.91 Å². The number of hydrogen-bond donors (Lipinski definition) is 2. The molecule has 2 N–H and O–H groups in total. The number of rotatable bonds is 8. The van der Waals surface area contributed by atoms with Gasteiger partial charge in [-0.15, -0.1) is 0 Å². The summed E-state index contributed by atoms with van der Waals surface area (Å²) in [5.41, 5.74) is 0. The number of esters is 4. The lowest BCUT2D eigenvalue weighted by molar-refractivity contribution is -0.278. The smallest absolute Gasteiger partial charge is 0.415 e. The fourth-order valence-electron chi connectivity index (χ4n) is 3.13. The molecule has 0 spiro atoms. The van der Waals surface area contributed by atoms with Crippen molar-refractivity contribution in [2.24, 2.45) is 0 Å². The van der Waals surface area contributed by atoms with Gasteiger partial charge < -0.3 is 39.1 Å². The molecule has 2 saturated heterocycles. The van der Waals surface area contributed by atoms with Crippen LogP contribution in [0.15, 0.2) is 0 Å². The molecule has 32 heavy (non-hydrogen) atoms. The number of carbonyl (C=O) groups is 6. The van der Waals surface area contributed by atoms with Gasteiger partial charge in [-0.25, -0.2) is 9.59 Å². The van der Waals surface area contributed by atoms with E-state index in [1.807, 2.05) is 0 Å². The van der Waals surface area contributed by atoms with Gasteiger partial charge in [-0.05, 0) is 0 Å². The minimum absolute atomic E-state index is 0.403. The summed E-state index contributed by atoms with van der Waals surface area (Å²) in [4.78, 5) is 69.4. The second-order valence-electron chi connectivity index (χ2n) is 6.96. The van der Waals surface area contributed by atoms with Gasteiger partial charge in [0.1, 0.15) is 18.8 Å². The van der Waals surface area contributed by atoms with Crippen LogP contribution in [0.5, 0.6) is 0 Å². The maximum absolute atomic E-state index is 11.8. The van der Waals surface area contributed by atoms with Gasteiger partial charge in [0.05, 0.1) is 6.61 Å². The van der Waals surface area contributed by atoms with Gasteiger partial charge in [0, 0.05) is 27.7 Å². The van der Waals surface area contributed by atoms with Gasteiger partial charge in [0.15, 0.2) is 24.5 Å². The zero-order valence-corrected chi connectivity index (χ0v) is 17.8. The van der Waals surface area contributed by atoms with Crippen molar-refractivity contribution in [3.63, 3.8) is 0 Å². The highest BCUT2D eigenvalue weighted by molar-refractivity contribution is 5.95. The molecule has 0 radical (unpaired) electrons. The lowest BCUT2D eigenvalue weighted by Crippen LogP contribution is -2.66. The summed E-state index contributed by atoms with van der Waals surface area (Å²) >= 11 is 0. The van der Waals surface area contributed by atoms with Crippen LogP contribution in [0.4, 0.5) is 4.79 Å². The maximum Gasteiger partial charge on any atom is 0.415 e. The number of amides is 2. The van der Waals surface area contributed by atoms with Crippen LogP contribution in [0.1, 0.15) is 27.7 Å². The van der Waals surface area contributed by atoms with Gasteiger partial charge >= 0.3 is 30.0 Å². The van der Waals surface area contributed by atoms with Gasteiger partial charge in [0.25, 0.3) is 0 Å². The average Bonchev–Trinajstić information content (AvgIpc) is 2.98. The minimum Gasteiger partial charge on any atom is -0.463 e. The summed E-state index contributed by atoms with van der Waals surface area (Å²) < 4.78 is 31.2. The van der Waals surface area contributed by atoms with Gasteiger partial charge in [-0.1, -0.05) is 0 Å². The summed E-state index contributed by atoms with van der Waals surface area (Å²) in [6.45, 7) is 3.72. The average molecular weight is 460 g/mol. The molecule has 2 amide bonds. The Morgan fingerprint density at radius 2 is 1.56 bits per heavy atom.